The van der Waals surface area contributed by atoms with E-state index in [1.807, 2.05) is 47.3 Å². The molecular weight excluding hydrogens is 354 g/mol. The van der Waals surface area contributed by atoms with Crippen LogP contribution in [-0.4, -0.2) is 22.2 Å². The number of amides is 1. The van der Waals surface area contributed by atoms with Gasteiger partial charge in [0.1, 0.15) is 0 Å². The average molecular weight is 370 g/mol. The maximum absolute atomic E-state index is 12.1. The first-order valence-electron chi connectivity index (χ1n) is 7.35. The van der Waals surface area contributed by atoms with Crippen molar-refractivity contribution < 1.29 is 4.79 Å². The fourth-order valence-electron chi connectivity index (χ4n) is 2.29. The van der Waals surface area contributed by atoms with E-state index in [9.17, 15) is 4.79 Å². The van der Waals surface area contributed by atoms with E-state index in [2.05, 4.69) is 38.5 Å². The summed E-state index contributed by atoms with van der Waals surface area (Å²) in [6, 6.07) is 17.4. The first-order valence-corrected chi connectivity index (χ1v) is 8.14. The van der Waals surface area contributed by atoms with Gasteiger partial charge in [-0.25, -0.2) is 4.68 Å². The minimum atomic E-state index is -0.0561. The van der Waals surface area contributed by atoms with E-state index >= 15 is 0 Å². The molecule has 0 bridgehead atoms. The molecule has 2 aromatic carbocycles. The van der Waals surface area contributed by atoms with Crippen LogP contribution >= 0.6 is 15.9 Å². The third-order valence-corrected chi connectivity index (χ3v) is 3.98. The molecule has 1 aromatic heterocycles. The molecule has 3 rings (SSSR count). The largest absolute Gasteiger partial charge is 0.352 e. The molecule has 0 radical (unpaired) electrons. The summed E-state index contributed by atoms with van der Waals surface area (Å²) in [5, 5.41) is 7.14. The third-order valence-electron chi connectivity index (χ3n) is 3.49. The predicted molar refractivity (Wildman–Crippen MR) is 93.7 cm³/mol. The first-order chi connectivity index (χ1) is 11.2. The van der Waals surface area contributed by atoms with Gasteiger partial charge in [0.25, 0.3) is 5.91 Å². The zero-order chi connectivity index (χ0) is 16.1. The topological polar surface area (TPSA) is 46.9 Å². The number of halogens is 1. The van der Waals surface area contributed by atoms with Crippen LogP contribution in [0.25, 0.3) is 5.69 Å². The summed E-state index contributed by atoms with van der Waals surface area (Å²) in [6.45, 7) is 0.604. The summed E-state index contributed by atoms with van der Waals surface area (Å²) in [5.74, 6) is -0.0561. The van der Waals surface area contributed by atoms with E-state index in [0.29, 0.717) is 12.1 Å². The SMILES string of the molecule is O=C(NCCc1ccc(-n2cccn2)cc1)c1cccc(Br)c1. The molecule has 0 aliphatic heterocycles. The highest BCUT2D eigenvalue weighted by Gasteiger charge is 2.05. The van der Waals surface area contributed by atoms with Crippen LogP contribution in [0.3, 0.4) is 0 Å². The van der Waals surface area contributed by atoms with Gasteiger partial charge in [-0.2, -0.15) is 5.10 Å². The Morgan fingerprint density at radius 2 is 1.96 bits per heavy atom. The molecule has 0 spiro atoms. The Bertz CT molecular complexity index is 782. The Morgan fingerprint density at radius 3 is 2.65 bits per heavy atom. The number of aromatic nitrogens is 2. The highest BCUT2D eigenvalue weighted by Crippen LogP contribution is 2.12. The van der Waals surface area contributed by atoms with Crippen LogP contribution in [-0.2, 0) is 6.42 Å². The first kappa shape index (κ1) is 15.5. The molecule has 1 amide bonds. The van der Waals surface area contributed by atoms with Gasteiger partial charge in [0.2, 0.25) is 0 Å². The van der Waals surface area contributed by atoms with E-state index in [-0.39, 0.29) is 5.91 Å². The molecule has 1 N–H and O–H groups in total. The summed E-state index contributed by atoms with van der Waals surface area (Å²) >= 11 is 3.37. The normalized spacial score (nSPS) is 10.5. The highest BCUT2D eigenvalue weighted by atomic mass is 79.9. The molecule has 5 heteroatoms. The molecule has 4 nitrogen and oxygen atoms in total. The summed E-state index contributed by atoms with van der Waals surface area (Å²) in [4.78, 5) is 12.1. The Balaban J connectivity index is 1.53. The molecule has 116 valence electrons. The van der Waals surface area contributed by atoms with E-state index < -0.39 is 0 Å². The lowest BCUT2D eigenvalue weighted by Crippen LogP contribution is -2.25. The van der Waals surface area contributed by atoms with Crippen LogP contribution < -0.4 is 5.32 Å². The maximum atomic E-state index is 12.1. The average Bonchev–Trinajstić information content (AvgIpc) is 3.10. The second kappa shape index (κ2) is 7.24. The standard InChI is InChI=1S/C18H16BrN3O/c19-16-4-1-3-15(13-16)18(23)20-11-9-14-5-7-17(8-6-14)22-12-2-10-21-22/h1-8,10,12-13H,9,11H2,(H,20,23). The highest BCUT2D eigenvalue weighted by molar-refractivity contribution is 9.10. The van der Waals surface area contributed by atoms with Crippen LogP contribution in [0.4, 0.5) is 0 Å². The molecule has 0 fully saturated rings. The van der Waals surface area contributed by atoms with E-state index in [1.165, 1.54) is 5.56 Å². The molecule has 0 atom stereocenters. The molecule has 1 heterocycles. The zero-order valence-corrected chi connectivity index (χ0v) is 14.0. The van der Waals surface area contributed by atoms with Gasteiger partial charge in [0.05, 0.1) is 5.69 Å². The summed E-state index contributed by atoms with van der Waals surface area (Å²) in [5.41, 5.74) is 2.86. The number of hydrogen-bond donors (Lipinski definition) is 1. The van der Waals surface area contributed by atoms with Gasteiger partial charge in [-0.05, 0) is 48.4 Å². The number of carbonyl (C=O) groups is 1. The van der Waals surface area contributed by atoms with Crippen molar-refractivity contribution in [1.29, 1.82) is 0 Å². The maximum Gasteiger partial charge on any atom is 0.251 e. The van der Waals surface area contributed by atoms with Crippen molar-refractivity contribution in [1.82, 2.24) is 15.1 Å². The van der Waals surface area contributed by atoms with Gasteiger partial charge >= 0.3 is 0 Å². The summed E-state index contributed by atoms with van der Waals surface area (Å²) in [7, 11) is 0. The van der Waals surface area contributed by atoms with Crippen LogP contribution in [0.1, 0.15) is 15.9 Å². The van der Waals surface area contributed by atoms with E-state index in [0.717, 1.165) is 16.6 Å². The van der Waals surface area contributed by atoms with Crippen molar-refractivity contribution in [2.45, 2.75) is 6.42 Å². The van der Waals surface area contributed by atoms with Gasteiger partial charge in [-0.15, -0.1) is 0 Å². The quantitative estimate of drug-likeness (QED) is 0.746. The number of hydrogen-bond acceptors (Lipinski definition) is 2. The van der Waals surface area contributed by atoms with Crippen molar-refractivity contribution in [2.24, 2.45) is 0 Å². The third kappa shape index (κ3) is 4.07. The minimum Gasteiger partial charge on any atom is -0.352 e. The number of rotatable bonds is 5. The number of carbonyl (C=O) groups excluding carboxylic acids is 1. The fraction of sp³-hybridized carbons (Fsp3) is 0.111. The van der Waals surface area contributed by atoms with Crippen molar-refractivity contribution in [3.8, 4) is 5.69 Å². The lowest BCUT2D eigenvalue weighted by molar-refractivity contribution is 0.0954. The predicted octanol–water partition coefficient (Wildman–Crippen LogP) is 3.61. The Hall–Kier alpha value is -2.40. The minimum absolute atomic E-state index is 0.0561. The zero-order valence-electron chi connectivity index (χ0n) is 12.4. The van der Waals surface area contributed by atoms with Crippen LogP contribution in [0.5, 0.6) is 0 Å². The molecule has 3 aromatic rings. The van der Waals surface area contributed by atoms with Gasteiger partial charge in [0, 0.05) is 29.0 Å². The summed E-state index contributed by atoms with van der Waals surface area (Å²) in [6.07, 6.45) is 4.46. The molecule has 0 aliphatic rings. The Morgan fingerprint density at radius 1 is 1.13 bits per heavy atom. The number of nitrogens with one attached hydrogen (secondary N) is 1. The molecule has 0 saturated heterocycles. The monoisotopic (exact) mass is 369 g/mol. The second-order valence-electron chi connectivity index (χ2n) is 5.13. The Labute approximate surface area is 143 Å². The van der Waals surface area contributed by atoms with Gasteiger partial charge < -0.3 is 5.32 Å². The van der Waals surface area contributed by atoms with E-state index in [1.54, 1.807) is 12.3 Å². The van der Waals surface area contributed by atoms with Crippen LogP contribution in [0.2, 0.25) is 0 Å². The second-order valence-corrected chi connectivity index (χ2v) is 6.05. The van der Waals surface area contributed by atoms with Crippen molar-refractivity contribution in [3.05, 3.63) is 82.6 Å². The molecule has 0 saturated carbocycles. The molecule has 0 unspecified atom stereocenters. The Kier molecular flexibility index (Phi) is 4.88. The van der Waals surface area contributed by atoms with E-state index in [4.69, 9.17) is 0 Å². The van der Waals surface area contributed by atoms with Crippen molar-refractivity contribution in [3.63, 3.8) is 0 Å². The van der Waals surface area contributed by atoms with Gasteiger partial charge in [-0.3, -0.25) is 4.79 Å². The smallest absolute Gasteiger partial charge is 0.251 e. The lowest BCUT2D eigenvalue weighted by Gasteiger charge is -2.07. The molecule has 23 heavy (non-hydrogen) atoms. The summed E-state index contributed by atoms with van der Waals surface area (Å²) < 4.78 is 2.72. The molecule has 0 aliphatic carbocycles. The lowest BCUT2D eigenvalue weighted by atomic mass is 10.1. The van der Waals surface area contributed by atoms with Crippen LogP contribution in [0.15, 0.2) is 71.5 Å². The number of nitrogens with zero attached hydrogens (tertiary/aromatic N) is 2. The van der Waals surface area contributed by atoms with Crippen molar-refractivity contribution in [2.75, 3.05) is 6.54 Å². The molecular formula is C18H16BrN3O. The van der Waals surface area contributed by atoms with Gasteiger partial charge in [-0.1, -0.05) is 34.1 Å². The van der Waals surface area contributed by atoms with Crippen molar-refractivity contribution >= 4 is 21.8 Å². The number of benzene rings is 2. The van der Waals surface area contributed by atoms with Crippen LogP contribution in [0, 0.1) is 0 Å². The fourth-order valence-corrected chi connectivity index (χ4v) is 2.69. The van der Waals surface area contributed by atoms with Gasteiger partial charge in [0.15, 0.2) is 0 Å².